The van der Waals surface area contributed by atoms with E-state index >= 15 is 0 Å². The van der Waals surface area contributed by atoms with Crippen molar-refractivity contribution >= 4 is 43.5 Å². The molecule has 1 N–H and O–H groups in total. The Hall–Kier alpha value is -2.46. The van der Waals surface area contributed by atoms with E-state index in [1.165, 1.54) is 29.2 Å². The van der Waals surface area contributed by atoms with Crippen molar-refractivity contribution < 1.29 is 22.4 Å². The van der Waals surface area contributed by atoms with Crippen LogP contribution in [-0.2, 0) is 26.2 Å². The van der Waals surface area contributed by atoms with Gasteiger partial charge in [-0.1, -0.05) is 41.4 Å². The highest BCUT2D eigenvalue weighted by molar-refractivity contribution is 9.10. The van der Waals surface area contributed by atoms with Crippen molar-refractivity contribution in [2.45, 2.75) is 52.1 Å². The lowest BCUT2D eigenvalue weighted by Crippen LogP contribution is -2.47. The van der Waals surface area contributed by atoms with Crippen LogP contribution in [0.2, 0.25) is 0 Å². The standard InChI is InChI=1S/C25H33BrFN3O4S/c1-4-5-16-28-25(32)19(2)29(18-20-8-10-21(26)11-9-20)24(31)7-6-17-30(35(3,33)34)23-14-12-22(27)13-15-23/h8-15,19H,4-7,16-18H2,1-3H3,(H,28,32). The summed E-state index contributed by atoms with van der Waals surface area (Å²) >= 11 is 3.40. The summed E-state index contributed by atoms with van der Waals surface area (Å²) in [6.45, 7) is 4.58. The first-order valence-corrected chi connectivity index (χ1v) is 14.2. The summed E-state index contributed by atoms with van der Waals surface area (Å²) in [6.07, 6.45) is 3.16. The Bertz CT molecular complexity index is 1080. The quantitative estimate of drug-likeness (QED) is 0.360. The number of carbonyl (C=O) groups excluding carboxylic acids is 2. The second-order valence-corrected chi connectivity index (χ2v) is 11.2. The van der Waals surface area contributed by atoms with Crippen LogP contribution in [0.3, 0.4) is 0 Å². The van der Waals surface area contributed by atoms with Crippen LogP contribution in [0.5, 0.6) is 0 Å². The predicted molar refractivity (Wildman–Crippen MR) is 140 cm³/mol. The van der Waals surface area contributed by atoms with Crippen molar-refractivity contribution in [1.82, 2.24) is 10.2 Å². The van der Waals surface area contributed by atoms with Crippen molar-refractivity contribution in [1.29, 1.82) is 0 Å². The molecule has 0 saturated heterocycles. The number of sulfonamides is 1. The molecule has 0 heterocycles. The number of rotatable bonds is 13. The molecule has 0 aromatic heterocycles. The zero-order valence-electron chi connectivity index (χ0n) is 20.3. The van der Waals surface area contributed by atoms with Gasteiger partial charge in [0.15, 0.2) is 0 Å². The van der Waals surface area contributed by atoms with Crippen molar-refractivity contribution in [2.75, 3.05) is 23.7 Å². The van der Waals surface area contributed by atoms with E-state index in [2.05, 4.69) is 21.2 Å². The lowest BCUT2D eigenvalue weighted by molar-refractivity contribution is -0.140. The third kappa shape index (κ3) is 9.25. The van der Waals surface area contributed by atoms with Crippen LogP contribution in [0, 0.1) is 5.82 Å². The maximum absolute atomic E-state index is 13.3. The molecule has 7 nitrogen and oxygen atoms in total. The molecule has 0 saturated carbocycles. The lowest BCUT2D eigenvalue weighted by Gasteiger charge is -2.29. The molecule has 2 amide bonds. The fourth-order valence-electron chi connectivity index (χ4n) is 3.52. The van der Waals surface area contributed by atoms with Gasteiger partial charge in [-0.25, -0.2) is 12.8 Å². The molecule has 0 aliphatic heterocycles. The molecule has 0 radical (unpaired) electrons. The van der Waals surface area contributed by atoms with Crippen LogP contribution in [-0.4, -0.2) is 50.5 Å². The van der Waals surface area contributed by atoms with Gasteiger partial charge in [0, 0.05) is 30.5 Å². The molecule has 0 spiro atoms. The minimum Gasteiger partial charge on any atom is -0.354 e. The number of nitrogens with zero attached hydrogens (tertiary/aromatic N) is 2. The van der Waals surface area contributed by atoms with Gasteiger partial charge in [0.25, 0.3) is 0 Å². The number of hydrogen-bond donors (Lipinski definition) is 1. The number of anilines is 1. The summed E-state index contributed by atoms with van der Waals surface area (Å²) in [4.78, 5) is 27.4. The third-order valence-corrected chi connectivity index (χ3v) is 7.25. The number of hydrogen-bond acceptors (Lipinski definition) is 4. The van der Waals surface area contributed by atoms with Gasteiger partial charge in [0.05, 0.1) is 11.9 Å². The van der Waals surface area contributed by atoms with Crippen molar-refractivity contribution in [3.05, 3.63) is 64.4 Å². The van der Waals surface area contributed by atoms with Gasteiger partial charge in [-0.2, -0.15) is 0 Å². The van der Waals surface area contributed by atoms with E-state index in [1.54, 1.807) is 6.92 Å². The van der Waals surface area contributed by atoms with Crippen molar-refractivity contribution in [2.24, 2.45) is 0 Å². The van der Waals surface area contributed by atoms with Crippen molar-refractivity contribution in [3.63, 3.8) is 0 Å². The zero-order valence-corrected chi connectivity index (χ0v) is 22.7. The van der Waals surface area contributed by atoms with Gasteiger partial charge in [-0.3, -0.25) is 13.9 Å². The predicted octanol–water partition coefficient (Wildman–Crippen LogP) is 4.47. The Morgan fingerprint density at radius 2 is 1.69 bits per heavy atom. The fourth-order valence-corrected chi connectivity index (χ4v) is 4.75. The smallest absolute Gasteiger partial charge is 0.242 e. The Balaban J connectivity index is 2.12. The number of nitrogens with one attached hydrogen (secondary N) is 1. The van der Waals surface area contributed by atoms with E-state index in [1.807, 2.05) is 31.2 Å². The summed E-state index contributed by atoms with van der Waals surface area (Å²) < 4.78 is 39.9. The summed E-state index contributed by atoms with van der Waals surface area (Å²) in [5.41, 5.74) is 1.20. The highest BCUT2D eigenvalue weighted by Crippen LogP contribution is 2.20. The number of carbonyl (C=O) groups is 2. The van der Waals surface area contributed by atoms with Crippen molar-refractivity contribution in [3.8, 4) is 0 Å². The van der Waals surface area contributed by atoms with Crippen LogP contribution < -0.4 is 9.62 Å². The minimum atomic E-state index is -3.63. The number of halogens is 2. The molecule has 2 aromatic rings. The molecule has 0 aliphatic carbocycles. The molecule has 2 aromatic carbocycles. The Morgan fingerprint density at radius 1 is 1.06 bits per heavy atom. The molecular weight excluding hydrogens is 537 g/mol. The van der Waals surface area contributed by atoms with E-state index in [0.717, 1.165) is 33.4 Å². The van der Waals surface area contributed by atoms with Gasteiger partial charge in [-0.05, 0) is 61.7 Å². The average Bonchev–Trinajstić information content (AvgIpc) is 2.81. The largest absolute Gasteiger partial charge is 0.354 e. The molecule has 0 aliphatic rings. The summed E-state index contributed by atoms with van der Waals surface area (Å²) in [5, 5.41) is 2.88. The fraction of sp³-hybridized carbons (Fsp3) is 0.440. The highest BCUT2D eigenvalue weighted by Gasteiger charge is 2.26. The molecule has 35 heavy (non-hydrogen) atoms. The topological polar surface area (TPSA) is 86.8 Å². The van der Waals surface area contributed by atoms with E-state index in [4.69, 9.17) is 0 Å². The first-order chi connectivity index (χ1) is 16.5. The summed E-state index contributed by atoms with van der Waals surface area (Å²) in [5.74, 6) is -0.946. The molecule has 192 valence electrons. The number of unbranched alkanes of at least 4 members (excludes halogenated alkanes) is 1. The van der Waals surface area contributed by atoms with E-state index in [0.29, 0.717) is 12.2 Å². The van der Waals surface area contributed by atoms with Gasteiger partial charge >= 0.3 is 0 Å². The Labute approximate surface area is 215 Å². The second kappa shape index (κ2) is 13.6. The van der Waals surface area contributed by atoms with Gasteiger partial charge in [0.1, 0.15) is 11.9 Å². The van der Waals surface area contributed by atoms with Crippen LogP contribution in [0.4, 0.5) is 10.1 Å². The molecule has 1 atom stereocenters. The van der Waals surface area contributed by atoms with Crippen LogP contribution in [0.25, 0.3) is 0 Å². The van der Waals surface area contributed by atoms with E-state index in [-0.39, 0.29) is 37.7 Å². The monoisotopic (exact) mass is 569 g/mol. The Morgan fingerprint density at radius 3 is 2.26 bits per heavy atom. The maximum atomic E-state index is 13.3. The molecule has 1 unspecified atom stereocenters. The number of amides is 2. The van der Waals surface area contributed by atoms with Crippen LogP contribution in [0.1, 0.15) is 45.1 Å². The van der Waals surface area contributed by atoms with Gasteiger partial charge in [-0.15, -0.1) is 0 Å². The molecule has 0 fully saturated rings. The lowest BCUT2D eigenvalue weighted by atomic mass is 10.1. The second-order valence-electron chi connectivity index (χ2n) is 8.38. The average molecular weight is 571 g/mol. The number of benzene rings is 2. The van der Waals surface area contributed by atoms with E-state index in [9.17, 15) is 22.4 Å². The summed E-state index contributed by atoms with van der Waals surface area (Å²) in [7, 11) is -3.63. The normalized spacial score (nSPS) is 12.1. The zero-order chi connectivity index (χ0) is 26.0. The van der Waals surface area contributed by atoms with Gasteiger partial charge < -0.3 is 10.2 Å². The minimum absolute atomic E-state index is 0.0519. The van der Waals surface area contributed by atoms with Crippen LogP contribution >= 0.6 is 15.9 Å². The SMILES string of the molecule is CCCCNC(=O)C(C)N(Cc1ccc(Br)cc1)C(=O)CCCN(c1ccc(F)cc1)S(C)(=O)=O. The van der Waals surface area contributed by atoms with E-state index < -0.39 is 21.9 Å². The third-order valence-electron chi connectivity index (χ3n) is 5.53. The maximum Gasteiger partial charge on any atom is 0.242 e. The summed E-state index contributed by atoms with van der Waals surface area (Å²) in [6, 6.07) is 12.0. The Kier molecular flexibility index (Phi) is 11.2. The highest BCUT2D eigenvalue weighted by atomic mass is 79.9. The molecule has 10 heteroatoms. The molecular formula is C25H33BrFN3O4S. The first kappa shape index (κ1) is 28.8. The van der Waals surface area contributed by atoms with Gasteiger partial charge in [0.2, 0.25) is 21.8 Å². The first-order valence-electron chi connectivity index (χ1n) is 11.6. The molecule has 0 bridgehead atoms. The van der Waals surface area contributed by atoms with Crippen LogP contribution in [0.15, 0.2) is 53.0 Å². The molecule has 2 rings (SSSR count).